The van der Waals surface area contributed by atoms with E-state index >= 15 is 0 Å². The molecule has 0 atom stereocenters. The van der Waals surface area contributed by atoms with Gasteiger partial charge >= 0.3 is 5.25 Å². The van der Waals surface area contributed by atoms with Crippen LogP contribution in [0.5, 0.6) is 0 Å². The lowest BCUT2D eigenvalue weighted by molar-refractivity contribution is 0.0785. The zero-order chi connectivity index (χ0) is 19.8. The Morgan fingerprint density at radius 2 is 1.68 bits per heavy atom. The quantitative estimate of drug-likeness (QED) is 0.602. The molecule has 1 saturated heterocycles. The fourth-order valence-corrected chi connectivity index (χ4v) is 6.13. The van der Waals surface area contributed by atoms with Crippen LogP contribution in [0.15, 0.2) is 54.6 Å². The number of hydrogen-bond acceptors (Lipinski definition) is 4. The molecular formula is C20H20F2N2O2S2. The summed E-state index contributed by atoms with van der Waals surface area (Å²) in [5.41, 5.74) is 1.57. The van der Waals surface area contributed by atoms with Gasteiger partial charge in [-0.15, -0.1) is 11.3 Å². The standard InChI is InChI=1S/C20H20F2N2O2S2/c21-20(22,19-23-17-8-4-5-9-18(17)27-19)28(25,26)24-12-10-16(11-13-24)14-15-6-2-1-3-7-15/h1-9,16H,10-14H2. The lowest BCUT2D eigenvalue weighted by Gasteiger charge is -2.33. The molecular weight excluding hydrogens is 402 g/mol. The summed E-state index contributed by atoms with van der Waals surface area (Å²) in [6, 6.07) is 16.6. The fraction of sp³-hybridized carbons (Fsp3) is 0.350. The van der Waals surface area contributed by atoms with Gasteiger partial charge in [0.15, 0.2) is 5.01 Å². The third-order valence-electron chi connectivity index (χ3n) is 5.15. The van der Waals surface area contributed by atoms with Gasteiger partial charge in [0.1, 0.15) is 0 Å². The zero-order valence-electron chi connectivity index (χ0n) is 15.1. The topological polar surface area (TPSA) is 50.3 Å². The molecule has 2 aromatic carbocycles. The number of hydrogen-bond donors (Lipinski definition) is 0. The number of aromatic nitrogens is 1. The van der Waals surface area contributed by atoms with E-state index in [0.717, 1.165) is 22.1 Å². The van der Waals surface area contributed by atoms with Crippen molar-refractivity contribution in [3.63, 3.8) is 0 Å². The highest BCUT2D eigenvalue weighted by molar-refractivity contribution is 7.89. The largest absolute Gasteiger partial charge is 0.409 e. The highest BCUT2D eigenvalue weighted by Crippen LogP contribution is 2.41. The number of benzene rings is 2. The van der Waals surface area contributed by atoms with Gasteiger partial charge < -0.3 is 0 Å². The summed E-state index contributed by atoms with van der Waals surface area (Å²) >= 11 is 0.730. The first-order valence-electron chi connectivity index (χ1n) is 9.15. The summed E-state index contributed by atoms with van der Waals surface area (Å²) in [5.74, 6) is 0.296. The summed E-state index contributed by atoms with van der Waals surface area (Å²) in [4.78, 5) is 3.88. The van der Waals surface area contributed by atoms with Crippen molar-refractivity contribution in [2.24, 2.45) is 5.92 Å². The number of thiazole rings is 1. The molecule has 4 nitrogen and oxygen atoms in total. The van der Waals surface area contributed by atoms with Crippen molar-refractivity contribution < 1.29 is 17.2 Å². The molecule has 1 fully saturated rings. The van der Waals surface area contributed by atoms with Crippen LogP contribution < -0.4 is 0 Å². The van der Waals surface area contributed by atoms with Crippen LogP contribution >= 0.6 is 11.3 Å². The minimum absolute atomic E-state index is 0.111. The molecule has 0 spiro atoms. The number of nitrogens with zero attached hydrogens (tertiary/aromatic N) is 2. The summed E-state index contributed by atoms with van der Waals surface area (Å²) in [6.07, 6.45) is 1.98. The first kappa shape index (κ1) is 19.4. The second kappa shape index (κ2) is 7.50. The number of para-hydroxylation sites is 1. The van der Waals surface area contributed by atoms with E-state index in [4.69, 9.17) is 0 Å². The van der Waals surface area contributed by atoms with Gasteiger partial charge in [-0.3, -0.25) is 0 Å². The minimum Gasteiger partial charge on any atom is -0.234 e. The Balaban J connectivity index is 1.48. The molecule has 2 heterocycles. The van der Waals surface area contributed by atoms with Gasteiger partial charge in [0.25, 0.3) is 10.0 Å². The van der Waals surface area contributed by atoms with Crippen LogP contribution in [0.25, 0.3) is 10.2 Å². The first-order chi connectivity index (χ1) is 13.4. The van der Waals surface area contributed by atoms with Crippen LogP contribution in [-0.2, 0) is 21.7 Å². The average Bonchev–Trinajstić information content (AvgIpc) is 3.14. The van der Waals surface area contributed by atoms with Crippen molar-refractivity contribution in [1.29, 1.82) is 0 Å². The van der Waals surface area contributed by atoms with E-state index in [-0.39, 0.29) is 13.1 Å². The molecule has 0 unspecified atom stereocenters. The summed E-state index contributed by atoms with van der Waals surface area (Å²) < 4.78 is 56.7. The smallest absolute Gasteiger partial charge is 0.234 e. The van der Waals surface area contributed by atoms with Gasteiger partial charge in [0, 0.05) is 13.1 Å². The minimum atomic E-state index is -4.81. The highest BCUT2D eigenvalue weighted by Gasteiger charge is 2.53. The van der Waals surface area contributed by atoms with Crippen molar-refractivity contribution in [3.8, 4) is 0 Å². The Morgan fingerprint density at radius 3 is 2.36 bits per heavy atom. The Morgan fingerprint density at radius 1 is 1.04 bits per heavy atom. The van der Waals surface area contributed by atoms with E-state index in [1.165, 1.54) is 5.56 Å². The molecule has 1 aromatic heterocycles. The SMILES string of the molecule is O=S(=O)(N1CCC(Cc2ccccc2)CC1)C(F)(F)c1nc2ccccc2s1. The number of piperidine rings is 1. The van der Waals surface area contributed by atoms with E-state index in [1.807, 2.05) is 30.3 Å². The summed E-state index contributed by atoms with van der Waals surface area (Å²) in [5, 5.41) is -4.69. The van der Waals surface area contributed by atoms with E-state index < -0.39 is 20.3 Å². The van der Waals surface area contributed by atoms with Crippen LogP contribution in [0.1, 0.15) is 23.4 Å². The lowest BCUT2D eigenvalue weighted by Crippen LogP contribution is -2.45. The van der Waals surface area contributed by atoms with Crippen LogP contribution in [0.4, 0.5) is 8.78 Å². The van der Waals surface area contributed by atoms with Crippen molar-refractivity contribution in [2.75, 3.05) is 13.1 Å². The number of alkyl halides is 2. The van der Waals surface area contributed by atoms with Crippen LogP contribution in [0.3, 0.4) is 0 Å². The highest BCUT2D eigenvalue weighted by atomic mass is 32.2. The van der Waals surface area contributed by atoms with E-state index in [2.05, 4.69) is 4.98 Å². The second-order valence-corrected chi connectivity index (χ2v) is 10.1. The van der Waals surface area contributed by atoms with Gasteiger partial charge in [-0.1, -0.05) is 42.5 Å². The van der Waals surface area contributed by atoms with Crippen molar-refractivity contribution in [1.82, 2.24) is 9.29 Å². The molecule has 8 heteroatoms. The van der Waals surface area contributed by atoms with E-state index in [1.54, 1.807) is 24.3 Å². The normalized spacial score (nSPS) is 17.2. The molecule has 0 saturated carbocycles. The number of rotatable bonds is 5. The Bertz CT molecular complexity index is 1030. The van der Waals surface area contributed by atoms with Crippen LogP contribution in [0.2, 0.25) is 0 Å². The first-order valence-corrected chi connectivity index (χ1v) is 11.4. The van der Waals surface area contributed by atoms with Gasteiger partial charge in [0.05, 0.1) is 10.2 Å². The molecule has 148 valence electrons. The van der Waals surface area contributed by atoms with Gasteiger partial charge in [-0.05, 0) is 42.9 Å². The number of sulfonamides is 1. The van der Waals surface area contributed by atoms with Crippen molar-refractivity contribution >= 4 is 31.6 Å². The predicted molar refractivity (Wildman–Crippen MR) is 107 cm³/mol. The van der Waals surface area contributed by atoms with Crippen molar-refractivity contribution in [2.45, 2.75) is 24.5 Å². The van der Waals surface area contributed by atoms with Crippen LogP contribution in [0, 0.1) is 5.92 Å². The second-order valence-electron chi connectivity index (χ2n) is 7.04. The number of fused-ring (bicyclic) bond motifs is 1. The monoisotopic (exact) mass is 422 g/mol. The molecule has 0 amide bonds. The fourth-order valence-electron chi connectivity index (χ4n) is 3.57. The third-order valence-corrected chi connectivity index (χ3v) is 8.27. The Labute approximate surface area is 166 Å². The molecule has 4 rings (SSSR count). The third kappa shape index (κ3) is 3.56. The number of halogens is 2. The molecule has 1 aliphatic rings. The summed E-state index contributed by atoms with van der Waals surface area (Å²) in [6.45, 7) is 0.223. The molecule has 0 radical (unpaired) electrons. The van der Waals surface area contributed by atoms with Crippen LogP contribution in [-0.4, -0.2) is 30.8 Å². The molecule has 0 N–H and O–H groups in total. The molecule has 0 bridgehead atoms. The predicted octanol–water partition coefficient (Wildman–Crippen LogP) is 4.63. The molecule has 28 heavy (non-hydrogen) atoms. The lowest BCUT2D eigenvalue weighted by atomic mass is 9.91. The molecule has 0 aliphatic carbocycles. The Kier molecular flexibility index (Phi) is 5.20. The maximum atomic E-state index is 14.9. The average molecular weight is 423 g/mol. The zero-order valence-corrected chi connectivity index (χ0v) is 16.7. The molecule has 3 aromatic rings. The maximum Gasteiger partial charge on any atom is 0.409 e. The van der Waals surface area contributed by atoms with Gasteiger partial charge in [-0.2, -0.15) is 13.1 Å². The van der Waals surface area contributed by atoms with E-state index in [0.29, 0.717) is 29.0 Å². The van der Waals surface area contributed by atoms with Gasteiger partial charge in [0.2, 0.25) is 0 Å². The van der Waals surface area contributed by atoms with Crippen molar-refractivity contribution in [3.05, 3.63) is 65.2 Å². The maximum absolute atomic E-state index is 14.9. The van der Waals surface area contributed by atoms with E-state index in [9.17, 15) is 17.2 Å². The summed E-state index contributed by atoms with van der Waals surface area (Å²) in [7, 11) is -4.81. The molecule has 1 aliphatic heterocycles. The Hall–Kier alpha value is -1.90. The van der Waals surface area contributed by atoms with Gasteiger partial charge in [-0.25, -0.2) is 13.4 Å².